The Morgan fingerprint density at radius 1 is 1.05 bits per heavy atom. The van der Waals surface area contributed by atoms with E-state index in [9.17, 15) is 9.90 Å². The molecule has 1 heterocycles. The molecule has 1 atom stereocenters. The second-order valence-electron chi connectivity index (χ2n) is 5.04. The van der Waals surface area contributed by atoms with Crippen molar-refractivity contribution in [3.63, 3.8) is 0 Å². The van der Waals surface area contributed by atoms with Gasteiger partial charge in [-0.2, -0.15) is 0 Å². The van der Waals surface area contributed by atoms with E-state index in [1.165, 1.54) is 0 Å². The second kappa shape index (κ2) is 4.76. The number of hydrogen-bond donors (Lipinski definition) is 1. The van der Waals surface area contributed by atoms with Crippen LogP contribution in [0.15, 0.2) is 54.6 Å². The summed E-state index contributed by atoms with van der Waals surface area (Å²) in [5.74, 6) is -0.103. The summed E-state index contributed by atoms with van der Waals surface area (Å²) in [4.78, 5) is 14.1. The third-order valence-corrected chi connectivity index (χ3v) is 3.79. The topological polar surface area (TPSA) is 40.5 Å². The number of aliphatic hydroxyl groups is 1. The minimum Gasteiger partial charge on any atom is -0.363 e. The highest BCUT2D eigenvalue weighted by atomic mass is 16.3. The standard InChI is InChI=1S/C17H17NO2/c1-2-12-18-16(19)14-10-6-7-11-15(14)17(18,20)13-8-4-3-5-9-13/h3-11,20H,2,12H2,1H3. The zero-order chi connectivity index (χ0) is 14.2. The molecule has 3 rings (SSSR count). The predicted molar refractivity (Wildman–Crippen MR) is 77.2 cm³/mol. The van der Waals surface area contributed by atoms with Gasteiger partial charge in [-0.3, -0.25) is 4.79 Å². The summed E-state index contributed by atoms with van der Waals surface area (Å²) < 4.78 is 0. The highest BCUT2D eigenvalue weighted by molar-refractivity contribution is 6.00. The first-order valence-electron chi connectivity index (χ1n) is 6.89. The maximum Gasteiger partial charge on any atom is 0.257 e. The summed E-state index contributed by atoms with van der Waals surface area (Å²) in [7, 11) is 0. The SMILES string of the molecule is CCCN1C(=O)c2ccccc2C1(O)c1ccccc1. The van der Waals surface area contributed by atoms with Gasteiger partial charge < -0.3 is 10.0 Å². The van der Waals surface area contributed by atoms with Crippen LogP contribution in [0, 0.1) is 0 Å². The number of carbonyl (C=O) groups excluding carboxylic acids is 1. The van der Waals surface area contributed by atoms with Crippen LogP contribution >= 0.6 is 0 Å². The third kappa shape index (κ3) is 1.67. The molecule has 0 bridgehead atoms. The van der Waals surface area contributed by atoms with Gasteiger partial charge in [-0.05, 0) is 12.5 Å². The zero-order valence-electron chi connectivity index (χ0n) is 11.4. The van der Waals surface area contributed by atoms with Crippen LogP contribution in [-0.2, 0) is 5.72 Å². The van der Waals surface area contributed by atoms with E-state index < -0.39 is 5.72 Å². The van der Waals surface area contributed by atoms with Crippen LogP contribution in [0.5, 0.6) is 0 Å². The van der Waals surface area contributed by atoms with Crippen LogP contribution in [0.4, 0.5) is 0 Å². The smallest absolute Gasteiger partial charge is 0.257 e. The molecule has 0 radical (unpaired) electrons. The lowest BCUT2D eigenvalue weighted by Gasteiger charge is -2.34. The Balaban J connectivity index is 2.22. The number of carbonyl (C=O) groups is 1. The van der Waals surface area contributed by atoms with Crippen LogP contribution < -0.4 is 0 Å². The van der Waals surface area contributed by atoms with Crippen molar-refractivity contribution in [2.24, 2.45) is 0 Å². The molecular weight excluding hydrogens is 250 g/mol. The number of amides is 1. The van der Waals surface area contributed by atoms with Crippen LogP contribution in [0.3, 0.4) is 0 Å². The average molecular weight is 267 g/mol. The van der Waals surface area contributed by atoms with E-state index in [0.29, 0.717) is 17.7 Å². The molecule has 0 aliphatic carbocycles. The first-order valence-corrected chi connectivity index (χ1v) is 6.89. The van der Waals surface area contributed by atoms with E-state index in [1.54, 1.807) is 11.0 Å². The first kappa shape index (κ1) is 12.9. The Bertz CT molecular complexity index is 638. The van der Waals surface area contributed by atoms with Gasteiger partial charge in [0.05, 0.1) is 0 Å². The first-order chi connectivity index (χ1) is 9.69. The van der Waals surface area contributed by atoms with Gasteiger partial charge in [-0.15, -0.1) is 0 Å². The van der Waals surface area contributed by atoms with Gasteiger partial charge in [0, 0.05) is 23.2 Å². The number of benzene rings is 2. The van der Waals surface area contributed by atoms with Crippen molar-refractivity contribution in [3.8, 4) is 0 Å². The molecule has 0 fully saturated rings. The van der Waals surface area contributed by atoms with Gasteiger partial charge in [-0.25, -0.2) is 0 Å². The Hall–Kier alpha value is -2.13. The largest absolute Gasteiger partial charge is 0.363 e. The van der Waals surface area contributed by atoms with Crippen LogP contribution in [-0.4, -0.2) is 22.5 Å². The Kier molecular flexibility index (Phi) is 3.07. The van der Waals surface area contributed by atoms with E-state index in [1.807, 2.05) is 55.5 Å². The highest BCUT2D eigenvalue weighted by Crippen LogP contribution is 2.41. The fourth-order valence-electron chi connectivity index (χ4n) is 2.88. The van der Waals surface area contributed by atoms with Crippen molar-refractivity contribution in [1.82, 2.24) is 4.90 Å². The predicted octanol–water partition coefficient (Wildman–Crippen LogP) is 2.75. The van der Waals surface area contributed by atoms with Crippen molar-refractivity contribution in [2.45, 2.75) is 19.1 Å². The van der Waals surface area contributed by atoms with Crippen molar-refractivity contribution < 1.29 is 9.90 Å². The third-order valence-electron chi connectivity index (χ3n) is 3.79. The lowest BCUT2D eigenvalue weighted by atomic mass is 9.94. The molecule has 1 unspecified atom stereocenters. The molecule has 102 valence electrons. The maximum absolute atomic E-state index is 12.5. The minimum atomic E-state index is -1.36. The molecule has 0 saturated carbocycles. The average Bonchev–Trinajstić information content (AvgIpc) is 2.72. The molecule has 1 N–H and O–H groups in total. The summed E-state index contributed by atoms with van der Waals surface area (Å²) >= 11 is 0. The van der Waals surface area contributed by atoms with E-state index in [2.05, 4.69) is 0 Å². The maximum atomic E-state index is 12.5. The van der Waals surface area contributed by atoms with Gasteiger partial charge in [0.15, 0.2) is 5.72 Å². The van der Waals surface area contributed by atoms with E-state index in [4.69, 9.17) is 0 Å². The molecule has 3 heteroatoms. The molecule has 1 amide bonds. The van der Waals surface area contributed by atoms with E-state index >= 15 is 0 Å². The fraction of sp³-hybridized carbons (Fsp3) is 0.235. The number of hydrogen-bond acceptors (Lipinski definition) is 2. The van der Waals surface area contributed by atoms with Gasteiger partial charge in [0.2, 0.25) is 0 Å². The molecule has 1 aliphatic rings. The summed E-state index contributed by atoms with van der Waals surface area (Å²) in [5.41, 5.74) is 0.633. The molecule has 2 aromatic rings. The Morgan fingerprint density at radius 2 is 1.70 bits per heavy atom. The molecule has 0 saturated heterocycles. The second-order valence-corrected chi connectivity index (χ2v) is 5.04. The van der Waals surface area contributed by atoms with Crippen LogP contribution in [0.25, 0.3) is 0 Å². The summed E-state index contributed by atoms with van der Waals surface area (Å²) in [6.07, 6.45) is 0.800. The zero-order valence-corrected chi connectivity index (χ0v) is 11.4. The van der Waals surface area contributed by atoms with Crippen molar-refractivity contribution in [1.29, 1.82) is 0 Å². The fourth-order valence-corrected chi connectivity index (χ4v) is 2.88. The summed E-state index contributed by atoms with van der Waals surface area (Å²) in [6.45, 7) is 2.53. The summed E-state index contributed by atoms with van der Waals surface area (Å²) in [5, 5.41) is 11.3. The monoisotopic (exact) mass is 267 g/mol. The Morgan fingerprint density at radius 3 is 2.40 bits per heavy atom. The molecule has 0 aromatic heterocycles. The lowest BCUT2D eigenvalue weighted by molar-refractivity contribution is -0.0498. The van der Waals surface area contributed by atoms with Crippen LogP contribution in [0.2, 0.25) is 0 Å². The van der Waals surface area contributed by atoms with Crippen molar-refractivity contribution in [3.05, 3.63) is 71.3 Å². The lowest BCUT2D eigenvalue weighted by Crippen LogP contribution is -2.45. The van der Waals surface area contributed by atoms with E-state index in [-0.39, 0.29) is 5.91 Å². The number of nitrogens with zero attached hydrogens (tertiary/aromatic N) is 1. The van der Waals surface area contributed by atoms with Gasteiger partial charge in [0.25, 0.3) is 5.91 Å². The normalized spacial score (nSPS) is 21.1. The molecule has 0 spiro atoms. The van der Waals surface area contributed by atoms with Gasteiger partial charge in [-0.1, -0.05) is 55.5 Å². The minimum absolute atomic E-state index is 0.103. The summed E-state index contributed by atoms with van der Waals surface area (Å²) in [6, 6.07) is 16.7. The Labute approximate surface area is 118 Å². The van der Waals surface area contributed by atoms with E-state index in [0.717, 1.165) is 12.0 Å². The molecule has 2 aromatic carbocycles. The number of rotatable bonds is 3. The van der Waals surface area contributed by atoms with Crippen molar-refractivity contribution in [2.75, 3.05) is 6.54 Å². The van der Waals surface area contributed by atoms with Gasteiger partial charge in [0.1, 0.15) is 0 Å². The molecule has 20 heavy (non-hydrogen) atoms. The molecular formula is C17H17NO2. The van der Waals surface area contributed by atoms with Gasteiger partial charge >= 0.3 is 0 Å². The highest BCUT2D eigenvalue weighted by Gasteiger charge is 2.48. The van der Waals surface area contributed by atoms with Crippen molar-refractivity contribution >= 4 is 5.91 Å². The molecule has 1 aliphatic heterocycles. The molecule has 3 nitrogen and oxygen atoms in total. The quantitative estimate of drug-likeness (QED) is 0.929. The number of fused-ring (bicyclic) bond motifs is 1. The van der Waals surface area contributed by atoms with Crippen LogP contribution in [0.1, 0.15) is 34.8 Å².